The molecule has 4 N–H and O–H groups in total. The molecule has 248 valence electrons. The average molecular weight is 639 g/mol. The summed E-state index contributed by atoms with van der Waals surface area (Å²) in [7, 11) is 0. The molecule has 4 aliphatic rings. The Balaban J connectivity index is 0.00000124. The number of piperidine rings is 1. The van der Waals surface area contributed by atoms with Crippen molar-refractivity contribution in [3.8, 4) is 11.1 Å². The standard InChI is InChI=1S/C38H45N3O3.CH2O2/c1-38(2,3)30-9-10-34-28(16-30)14-27-15-29(17-35(27)40-34)36(43)18-25(12-13-41-20-31-32(21-41)33(31)22-42)23-4-6-24(7-5-23)26-8-11-37(44)39-19-26;2-1-3/h4-8,11,14-15,19,25,30-33,42H,9-10,12-13,16-18,20-22H2,1-3H3,(H,39,44);1H,(H,2,3)/p+1/t25-,30-,31?,32?,33?;/m0./s1. The number of carbonyl (C=O) groups is 2. The minimum atomic E-state index is -0.250. The molecule has 4 atom stereocenters. The summed E-state index contributed by atoms with van der Waals surface area (Å²) in [4.78, 5) is 43.2. The number of Topliss-reactive ketones (excluding diaryl/α,β-unsaturated/α-hetero) is 1. The molecule has 7 rings (SSSR count). The van der Waals surface area contributed by atoms with Crippen LogP contribution in [-0.2, 0) is 28.9 Å². The van der Waals surface area contributed by atoms with Crippen molar-refractivity contribution in [1.29, 1.82) is 0 Å². The number of rotatable bonds is 9. The Labute approximate surface area is 277 Å². The Morgan fingerprint density at radius 2 is 1.79 bits per heavy atom. The minimum absolute atomic E-state index is 0.107. The molecular weight excluding hydrogens is 590 g/mol. The molecule has 1 aliphatic heterocycles. The molecule has 3 heterocycles. The van der Waals surface area contributed by atoms with E-state index in [0.29, 0.717) is 48.5 Å². The third-order valence-electron chi connectivity index (χ3n) is 11.3. The summed E-state index contributed by atoms with van der Waals surface area (Å²) < 4.78 is 0. The first-order chi connectivity index (χ1) is 22.6. The van der Waals surface area contributed by atoms with Crippen LogP contribution in [0.25, 0.3) is 17.2 Å². The normalized spacial score (nSPS) is 24.6. The lowest BCUT2D eigenvalue weighted by Crippen LogP contribution is -3.11. The van der Waals surface area contributed by atoms with E-state index < -0.39 is 0 Å². The van der Waals surface area contributed by atoms with Gasteiger partial charge in [-0.3, -0.25) is 19.4 Å². The molecule has 2 fully saturated rings. The maximum absolute atomic E-state index is 13.9. The maximum Gasteiger partial charge on any atom is 0.290 e. The molecule has 2 aromatic heterocycles. The number of fused-ring (bicyclic) bond motifs is 3. The number of aromatic nitrogens is 2. The van der Waals surface area contributed by atoms with Crippen LogP contribution in [0.4, 0.5) is 0 Å². The van der Waals surface area contributed by atoms with E-state index in [-0.39, 0.29) is 23.7 Å². The number of carboxylic acid groups (broad SMARTS) is 1. The summed E-state index contributed by atoms with van der Waals surface area (Å²) in [6.45, 7) is 10.4. The number of pyridine rings is 2. The van der Waals surface area contributed by atoms with Gasteiger partial charge >= 0.3 is 0 Å². The maximum atomic E-state index is 13.9. The number of ketones is 1. The van der Waals surface area contributed by atoms with Gasteiger partial charge in [-0.05, 0) is 88.5 Å². The molecule has 1 saturated heterocycles. The molecule has 0 amide bonds. The Kier molecular flexibility index (Phi) is 9.62. The number of carbonyl (C=O) groups excluding carboxylic acids is 1. The summed E-state index contributed by atoms with van der Waals surface area (Å²) in [6.07, 6.45) is 9.27. The zero-order valence-corrected chi connectivity index (χ0v) is 27.8. The quantitative estimate of drug-likeness (QED) is 0.262. The number of hydrogen-bond donors (Lipinski definition) is 4. The van der Waals surface area contributed by atoms with Gasteiger partial charge in [-0.15, -0.1) is 0 Å². The molecule has 2 unspecified atom stereocenters. The Bertz CT molecular complexity index is 1670. The molecule has 3 aromatic rings. The van der Waals surface area contributed by atoms with Gasteiger partial charge in [0, 0.05) is 61.2 Å². The van der Waals surface area contributed by atoms with Crippen LogP contribution in [-0.4, -0.2) is 58.7 Å². The predicted octanol–water partition coefficient (Wildman–Crippen LogP) is 4.11. The van der Waals surface area contributed by atoms with Crippen LogP contribution in [0.15, 0.2) is 59.0 Å². The first kappa shape index (κ1) is 33.0. The Morgan fingerprint density at radius 3 is 2.43 bits per heavy atom. The van der Waals surface area contributed by atoms with Gasteiger partial charge in [-0.1, -0.05) is 45.0 Å². The predicted molar refractivity (Wildman–Crippen MR) is 182 cm³/mol. The van der Waals surface area contributed by atoms with Gasteiger partial charge in [0.2, 0.25) is 5.56 Å². The molecule has 0 spiro atoms. The number of aliphatic hydroxyl groups excluding tert-OH is 1. The number of H-pyrrole nitrogens is 1. The van der Waals surface area contributed by atoms with Crippen LogP contribution in [0.5, 0.6) is 0 Å². The summed E-state index contributed by atoms with van der Waals surface area (Å²) in [5, 5.41) is 16.5. The average Bonchev–Trinajstić information content (AvgIpc) is 3.33. The van der Waals surface area contributed by atoms with Crippen molar-refractivity contribution in [3.05, 3.63) is 92.7 Å². The highest BCUT2D eigenvalue weighted by molar-refractivity contribution is 6.02. The number of nitrogens with zero attached hydrogens (tertiary/aromatic N) is 1. The van der Waals surface area contributed by atoms with Crippen LogP contribution in [0, 0.1) is 29.1 Å². The molecular formula is C39H48N3O5+. The Morgan fingerprint density at radius 1 is 1.09 bits per heavy atom. The SMILES string of the molecule is CC(C)(C)[C@H]1CCc2nc3c(cc2C1)C=C(C(=O)C[C@H](CC[NH+]1CC2C(CO)C2C1)c1ccc(-c2ccc(=O)[nH]c2)cc1)C3.O=CO. The summed E-state index contributed by atoms with van der Waals surface area (Å²) in [6, 6.07) is 14.3. The van der Waals surface area contributed by atoms with Gasteiger partial charge in [-0.25, -0.2) is 0 Å². The van der Waals surface area contributed by atoms with Crippen molar-refractivity contribution in [2.75, 3.05) is 26.2 Å². The highest BCUT2D eigenvalue weighted by atomic mass is 16.3. The lowest BCUT2D eigenvalue weighted by Gasteiger charge is -2.34. The zero-order valence-electron chi connectivity index (χ0n) is 27.8. The summed E-state index contributed by atoms with van der Waals surface area (Å²) >= 11 is 0. The molecule has 0 radical (unpaired) electrons. The second-order valence-electron chi connectivity index (χ2n) is 15.1. The highest BCUT2D eigenvalue weighted by Crippen LogP contribution is 2.46. The topological polar surface area (TPSA) is 125 Å². The highest BCUT2D eigenvalue weighted by Gasteiger charge is 2.58. The van der Waals surface area contributed by atoms with E-state index in [2.05, 4.69) is 62.2 Å². The second kappa shape index (κ2) is 13.7. The van der Waals surface area contributed by atoms with E-state index >= 15 is 0 Å². The molecule has 1 aromatic carbocycles. The van der Waals surface area contributed by atoms with E-state index in [1.165, 1.54) is 23.2 Å². The molecule has 3 aliphatic carbocycles. The number of quaternary nitrogens is 1. The van der Waals surface area contributed by atoms with E-state index in [1.807, 2.05) is 6.07 Å². The summed E-state index contributed by atoms with van der Waals surface area (Å²) in [5.74, 6) is 2.94. The van der Waals surface area contributed by atoms with Gasteiger partial charge in [0.1, 0.15) is 0 Å². The van der Waals surface area contributed by atoms with Crippen LogP contribution in [0.3, 0.4) is 0 Å². The number of nitrogens with one attached hydrogen (secondary N) is 2. The fourth-order valence-corrected chi connectivity index (χ4v) is 8.34. The number of hydrogen-bond acceptors (Lipinski definition) is 5. The Hall–Kier alpha value is -3.88. The third-order valence-corrected chi connectivity index (χ3v) is 11.3. The molecule has 1 saturated carbocycles. The van der Waals surface area contributed by atoms with Gasteiger partial charge in [-0.2, -0.15) is 0 Å². The largest absolute Gasteiger partial charge is 0.483 e. The third kappa shape index (κ3) is 7.34. The number of aromatic amines is 1. The smallest absolute Gasteiger partial charge is 0.290 e. The molecule has 8 heteroatoms. The van der Waals surface area contributed by atoms with E-state index in [0.717, 1.165) is 66.9 Å². The van der Waals surface area contributed by atoms with E-state index in [4.69, 9.17) is 14.9 Å². The molecule has 8 nitrogen and oxygen atoms in total. The van der Waals surface area contributed by atoms with Crippen LogP contribution in [0.1, 0.15) is 74.0 Å². The van der Waals surface area contributed by atoms with Gasteiger partial charge < -0.3 is 20.1 Å². The van der Waals surface area contributed by atoms with Gasteiger partial charge in [0.25, 0.3) is 6.47 Å². The van der Waals surface area contributed by atoms with Gasteiger partial charge in [0.15, 0.2) is 5.78 Å². The van der Waals surface area contributed by atoms with Crippen molar-refractivity contribution in [2.24, 2.45) is 29.1 Å². The molecule has 0 bridgehead atoms. The van der Waals surface area contributed by atoms with Crippen molar-refractivity contribution >= 4 is 18.3 Å². The minimum Gasteiger partial charge on any atom is -0.483 e. The lowest BCUT2D eigenvalue weighted by atomic mass is 9.71. The number of likely N-dealkylation sites (tertiary alicyclic amines) is 1. The van der Waals surface area contributed by atoms with Gasteiger partial charge in [0.05, 0.1) is 25.3 Å². The van der Waals surface area contributed by atoms with Crippen LogP contribution < -0.4 is 10.5 Å². The van der Waals surface area contributed by atoms with Crippen molar-refractivity contribution in [3.63, 3.8) is 0 Å². The van der Waals surface area contributed by atoms with Crippen LogP contribution >= 0.6 is 0 Å². The number of allylic oxidation sites excluding steroid dienone is 1. The number of benzene rings is 1. The number of aryl methyl sites for hydroxylation is 1. The van der Waals surface area contributed by atoms with Crippen molar-refractivity contribution < 1.29 is 24.7 Å². The first-order valence-corrected chi connectivity index (χ1v) is 17.1. The fraction of sp³-hybridized carbons (Fsp3) is 0.487. The van der Waals surface area contributed by atoms with Crippen LogP contribution in [0.2, 0.25) is 0 Å². The number of aliphatic hydroxyl groups is 1. The zero-order chi connectivity index (χ0) is 33.3. The second-order valence-corrected chi connectivity index (χ2v) is 15.1. The summed E-state index contributed by atoms with van der Waals surface area (Å²) in [5.41, 5.74) is 9.12. The van der Waals surface area contributed by atoms with Crippen molar-refractivity contribution in [1.82, 2.24) is 9.97 Å². The fourth-order valence-electron chi connectivity index (χ4n) is 8.34. The van der Waals surface area contributed by atoms with E-state index in [9.17, 15) is 14.7 Å². The lowest BCUT2D eigenvalue weighted by molar-refractivity contribution is -0.893. The monoisotopic (exact) mass is 638 g/mol. The molecule has 47 heavy (non-hydrogen) atoms. The first-order valence-electron chi connectivity index (χ1n) is 17.1. The van der Waals surface area contributed by atoms with Crippen molar-refractivity contribution in [2.45, 2.75) is 65.2 Å². The van der Waals surface area contributed by atoms with E-state index in [1.54, 1.807) is 17.2 Å².